The lowest BCUT2D eigenvalue weighted by Gasteiger charge is -2.12. The van der Waals surface area contributed by atoms with Gasteiger partial charge in [0.05, 0.1) is 11.3 Å². The third kappa shape index (κ3) is 3.47. The summed E-state index contributed by atoms with van der Waals surface area (Å²) in [6.45, 7) is 3.17. The molecule has 1 amide bonds. The van der Waals surface area contributed by atoms with E-state index in [0.717, 1.165) is 41.8 Å². The molecule has 0 atom stereocenters. The van der Waals surface area contributed by atoms with Crippen molar-refractivity contribution in [2.24, 2.45) is 0 Å². The van der Waals surface area contributed by atoms with Crippen LogP contribution in [-0.2, 0) is 29.0 Å². The summed E-state index contributed by atoms with van der Waals surface area (Å²) in [5, 5.41) is 5.16. The van der Waals surface area contributed by atoms with Crippen molar-refractivity contribution in [2.45, 2.75) is 46.1 Å². The summed E-state index contributed by atoms with van der Waals surface area (Å²) in [6, 6.07) is 1.39. The molecule has 3 aromatic heterocycles. The molecule has 0 fully saturated rings. The number of nitrogens with zero attached hydrogens (tertiary/aromatic N) is 2. The van der Waals surface area contributed by atoms with Crippen molar-refractivity contribution in [3.8, 4) is 0 Å². The van der Waals surface area contributed by atoms with E-state index in [-0.39, 0.29) is 18.1 Å². The van der Waals surface area contributed by atoms with Gasteiger partial charge in [-0.05, 0) is 38.2 Å². The third-order valence-corrected chi connectivity index (χ3v) is 6.80. The van der Waals surface area contributed by atoms with E-state index >= 15 is 0 Å². The number of thiophene rings is 1. The lowest BCUT2D eigenvalue weighted by molar-refractivity contribution is -0.114. The van der Waals surface area contributed by atoms with E-state index in [4.69, 9.17) is 4.74 Å². The molecular formula is C19H19N3O4S2. The number of aryl methyl sites for hydroxylation is 2. The molecule has 0 spiro atoms. The molecule has 0 saturated carbocycles. The maximum atomic E-state index is 12.8. The molecule has 0 aromatic carbocycles. The second-order valence-electron chi connectivity index (χ2n) is 6.75. The Kier molecular flexibility index (Phi) is 5.03. The van der Waals surface area contributed by atoms with Gasteiger partial charge in [0.1, 0.15) is 11.6 Å². The molecule has 1 N–H and O–H groups in total. The molecule has 0 bridgehead atoms. The molecular weight excluding hydrogens is 398 g/mol. The molecule has 7 nitrogen and oxygen atoms in total. The fourth-order valence-electron chi connectivity index (χ4n) is 3.42. The van der Waals surface area contributed by atoms with Crippen LogP contribution in [-0.4, -0.2) is 21.3 Å². The number of amides is 1. The van der Waals surface area contributed by atoms with Crippen LogP contribution in [0.15, 0.2) is 16.2 Å². The van der Waals surface area contributed by atoms with E-state index in [1.807, 2.05) is 12.3 Å². The largest absolute Gasteiger partial charge is 0.455 e. The van der Waals surface area contributed by atoms with E-state index in [1.165, 1.54) is 40.1 Å². The quantitative estimate of drug-likeness (QED) is 0.658. The Labute approximate surface area is 169 Å². The molecule has 1 aliphatic rings. The number of carbonyl (C=O) groups excluding carboxylic acids is 2. The first-order valence-corrected chi connectivity index (χ1v) is 10.7. The highest BCUT2D eigenvalue weighted by Gasteiger charge is 2.27. The maximum absolute atomic E-state index is 12.8. The average molecular weight is 418 g/mol. The fraction of sp³-hybridized carbons (Fsp3) is 0.368. The van der Waals surface area contributed by atoms with Gasteiger partial charge in [-0.25, -0.2) is 9.78 Å². The summed E-state index contributed by atoms with van der Waals surface area (Å²) in [4.78, 5) is 42.7. The predicted octanol–water partition coefficient (Wildman–Crippen LogP) is 3.32. The summed E-state index contributed by atoms with van der Waals surface area (Å²) >= 11 is 2.81. The van der Waals surface area contributed by atoms with Gasteiger partial charge in [-0.2, -0.15) is 0 Å². The zero-order valence-corrected chi connectivity index (χ0v) is 17.2. The minimum Gasteiger partial charge on any atom is -0.455 e. The van der Waals surface area contributed by atoms with Gasteiger partial charge in [-0.1, -0.05) is 0 Å². The molecule has 0 radical (unpaired) electrons. The van der Waals surface area contributed by atoms with Crippen LogP contribution in [0.2, 0.25) is 0 Å². The zero-order valence-electron chi connectivity index (χ0n) is 15.5. The number of esters is 1. The van der Waals surface area contributed by atoms with Crippen LogP contribution >= 0.6 is 22.7 Å². The number of nitrogens with one attached hydrogen (secondary N) is 1. The molecule has 0 saturated heterocycles. The third-order valence-electron chi connectivity index (χ3n) is 4.64. The summed E-state index contributed by atoms with van der Waals surface area (Å²) < 4.78 is 7.01. The second kappa shape index (κ2) is 7.48. The van der Waals surface area contributed by atoms with Crippen molar-refractivity contribution in [3.63, 3.8) is 0 Å². The summed E-state index contributed by atoms with van der Waals surface area (Å²) in [5.41, 5.74) is 2.46. The van der Waals surface area contributed by atoms with Gasteiger partial charge in [-0.15, -0.1) is 22.7 Å². The Morgan fingerprint density at radius 3 is 2.89 bits per heavy atom. The van der Waals surface area contributed by atoms with Crippen molar-refractivity contribution in [1.82, 2.24) is 9.38 Å². The highest BCUT2D eigenvalue weighted by Crippen LogP contribution is 2.38. The SMILES string of the molecule is CC(=O)Nc1sc2c(c1C(=O)OCc1cc(=O)n3c(C)csc3n1)CCCC2. The smallest absolute Gasteiger partial charge is 0.341 e. The Morgan fingerprint density at radius 1 is 1.32 bits per heavy atom. The van der Waals surface area contributed by atoms with Crippen LogP contribution < -0.4 is 10.9 Å². The van der Waals surface area contributed by atoms with Crippen LogP contribution in [0.4, 0.5) is 5.00 Å². The summed E-state index contributed by atoms with van der Waals surface area (Å²) in [6.07, 6.45) is 3.80. The zero-order chi connectivity index (χ0) is 19.8. The number of ether oxygens (including phenoxy) is 1. The number of fused-ring (bicyclic) bond motifs is 2. The van der Waals surface area contributed by atoms with Crippen LogP contribution in [0.3, 0.4) is 0 Å². The van der Waals surface area contributed by atoms with E-state index in [0.29, 0.717) is 21.2 Å². The van der Waals surface area contributed by atoms with Crippen LogP contribution in [0.1, 0.15) is 52.0 Å². The standard InChI is InChI=1S/C19H19N3O4S2/c1-10-9-27-19-21-12(7-15(24)22(10)19)8-26-18(25)16-13-5-3-4-6-14(13)28-17(16)20-11(2)23/h7,9H,3-6,8H2,1-2H3,(H,20,23). The van der Waals surface area contributed by atoms with Gasteiger partial charge >= 0.3 is 5.97 Å². The van der Waals surface area contributed by atoms with Crippen molar-refractivity contribution in [1.29, 1.82) is 0 Å². The monoisotopic (exact) mass is 417 g/mol. The predicted molar refractivity (Wildman–Crippen MR) is 108 cm³/mol. The van der Waals surface area contributed by atoms with E-state index in [2.05, 4.69) is 10.3 Å². The number of rotatable bonds is 4. The lowest BCUT2D eigenvalue weighted by Crippen LogP contribution is -2.17. The minimum absolute atomic E-state index is 0.0916. The molecule has 28 heavy (non-hydrogen) atoms. The van der Waals surface area contributed by atoms with Gasteiger partial charge in [-0.3, -0.25) is 14.0 Å². The molecule has 0 aliphatic heterocycles. The Balaban J connectivity index is 1.59. The number of carbonyl (C=O) groups is 2. The fourth-order valence-corrected chi connectivity index (χ4v) is 5.63. The van der Waals surface area contributed by atoms with Crippen molar-refractivity contribution >= 4 is 44.5 Å². The Bertz CT molecular complexity index is 1140. The molecule has 4 rings (SSSR count). The normalized spacial score (nSPS) is 13.4. The van der Waals surface area contributed by atoms with E-state index in [1.54, 1.807) is 0 Å². The van der Waals surface area contributed by atoms with Gasteiger partial charge in [0.2, 0.25) is 5.91 Å². The molecule has 9 heteroatoms. The molecule has 0 unspecified atom stereocenters. The number of anilines is 1. The van der Waals surface area contributed by atoms with Gasteiger partial charge < -0.3 is 10.1 Å². The number of aromatic nitrogens is 2. The van der Waals surface area contributed by atoms with E-state index in [9.17, 15) is 14.4 Å². The molecule has 3 heterocycles. The highest BCUT2D eigenvalue weighted by atomic mass is 32.1. The first-order valence-electron chi connectivity index (χ1n) is 9.00. The van der Waals surface area contributed by atoms with E-state index < -0.39 is 5.97 Å². The van der Waals surface area contributed by atoms with Crippen molar-refractivity contribution in [3.05, 3.63) is 49.2 Å². The maximum Gasteiger partial charge on any atom is 0.341 e. The van der Waals surface area contributed by atoms with Gasteiger partial charge in [0.25, 0.3) is 5.56 Å². The van der Waals surface area contributed by atoms with Gasteiger partial charge in [0, 0.05) is 28.9 Å². The van der Waals surface area contributed by atoms with Crippen LogP contribution in [0.5, 0.6) is 0 Å². The minimum atomic E-state index is -0.493. The number of hydrogen-bond acceptors (Lipinski definition) is 7. The number of thiazole rings is 1. The lowest BCUT2D eigenvalue weighted by atomic mass is 9.95. The first kappa shape index (κ1) is 18.8. The van der Waals surface area contributed by atoms with Gasteiger partial charge in [0.15, 0.2) is 4.96 Å². The molecule has 1 aliphatic carbocycles. The summed E-state index contributed by atoms with van der Waals surface area (Å²) in [7, 11) is 0. The van der Waals surface area contributed by atoms with Crippen LogP contribution in [0.25, 0.3) is 4.96 Å². The Morgan fingerprint density at radius 2 is 2.11 bits per heavy atom. The Hall–Kier alpha value is -2.52. The molecule has 146 valence electrons. The van der Waals surface area contributed by atoms with Crippen LogP contribution in [0, 0.1) is 6.92 Å². The second-order valence-corrected chi connectivity index (χ2v) is 8.69. The molecule has 3 aromatic rings. The number of hydrogen-bond donors (Lipinski definition) is 1. The first-order chi connectivity index (χ1) is 13.4. The van der Waals surface area contributed by atoms with Crippen molar-refractivity contribution in [2.75, 3.05) is 5.32 Å². The highest BCUT2D eigenvalue weighted by molar-refractivity contribution is 7.17. The summed E-state index contributed by atoms with van der Waals surface area (Å²) in [5.74, 6) is -0.714. The topological polar surface area (TPSA) is 89.8 Å². The van der Waals surface area contributed by atoms with Crippen molar-refractivity contribution < 1.29 is 14.3 Å². The average Bonchev–Trinajstić information content (AvgIpc) is 3.19.